The minimum atomic E-state index is -0.189. The van der Waals surface area contributed by atoms with Gasteiger partial charge in [0.2, 0.25) is 5.56 Å². The first kappa shape index (κ1) is 15.1. The molecule has 25 heavy (non-hydrogen) atoms. The second kappa shape index (κ2) is 6.20. The van der Waals surface area contributed by atoms with Crippen LogP contribution in [0.25, 0.3) is 33.7 Å². The third-order valence-electron chi connectivity index (χ3n) is 4.05. The number of pyridine rings is 1. The van der Waals surface area contributed by atoms with Crippen molar-refractivity contribution >= 4 is 16.9 Å². The Labute approximate surface area is 144 Å². The molecule has 0 aliphatic rings. The van der Waals surface area contributed by atoms with E-state index in [9.17, 15) is 4.79 Å². The molecule has 122 valence electrons. The molecule has 0 saturated carbocycles. The lowest BCUT2D eigenvalue weighted by Crippen LogP contribution is -2.06. The van der Waals surface area contributed by atoms with Crippen molar-refractivity contribution in [3.05, 3.63) is 77.1 Å². The average molecular weight is 328 g/mol. The summed E-state index contributed by atoms with van der Waals surface area (Å²) < 4.78 is 0. The van der Waals surface area contributed by atoms with E-state index in [1.165, 1.54) is 6.07 Å². The van der Waals surface area contributed by atoms with Crippen molar-refractivity contribution in [1.29, 1.82) is 0 Å². The first-order valence-electron chi connectivity index (χ1n) is 7.99. The van der Waals surface area contributed by atoms with Gasteiger partial charge in [-0.3, -0.25) is 4.79 Å². The van der Waals surface area contributed by atoms with Crippen LogP contribution in [-0.2, 0) is 0 Å². The summed E-state index contributed by atoms with van der Waals surface area (Å²) in [5, 5.41) is 3.11. The van der Waals surface area contributed by atoms with Crippen LogP contribution in [0.4, 0.5) is 5.69 Å². The van der Waals surface area contributed by atoms with E-state index in [0.29, 0.717) is 11.2 Å². The summed E-state index contributed by atoms with van der Waals surface area (Å²) in [4.78, 5) is 23.9. The zero-order valence-electron chi connectivity index (χ0n) is 13.7. The third kappa shape index (κ3) is 2.87. The number of fused-ring (bicyclic) bond motifs is 1. The van der Waals surface area contributed by atoms with Crippen LogP contribution in [0.3, 0.4) is 0 Å². The lowest BCUT2D eigenvalue weighted by molar-refractivity contribution is 1.19. The standard InChI is InChI=1S/C20H16N4O/c1-21-15-9-7-14(8-10-15)19-18(13-5-3-2-4-6-13)22-16-11-12-17(25)23-20(16)24-19/h2-12,21H,1H3,(H,23,24,25). The number of nitrogens with zero attached hydrogens (tertiary/aromatic N) is 2. The number of nitrogens with one attached hydrogen (secondary N) is 2. The number of rotatable bonds is 3. The highest BCUT2D eigenvalue weighted by atomic mass is 16.1. The van der Waals surface area contributed by atoms with Crippen molar-refractivity contribution in [3.63, 3.8) is 0 Å². The third-order valence-corrected chi connectivity index (χ3v) is 4.05. The fraction of sp³-hybridized carbons (Fsp3) is 0.0500. The molecule has 0 amide bonds. The molecule has 0 bridgehead atoms. The first-order chi connectivity index (χ1) is 12.2. The summed E-state index contributed by atoms with van der Waals surface area (Å²) in [5.41, 5.74) is 5.43. The fourth-order valence-electron chi connectivity index (χ4n) is 2.76. The summed E-state index contributed by atoms with van der Waals surface area (Å²) >= 11 is 0. The Kier molecular flexibility index (Phi) is 3.74. The second-order valence-corrected chi connectivity index (χ2v) is 5.67. The molecule has 2 aromatic heterocycles. The molecule has 0 fully saturated rings. The van der Waals surface area contributed by atoms with Crippen LogP contribution < -0.4 is 10.9 Å². The maximum absolute atomic E-state index is 11.6. The fourth-order valence-corrected chi connectivity index (χ4v) is 2.76. The summed E-state index contributed by atoms with van der Waals surface area (Å²) in [5.74, 6) is 0. The van der Waals surface area contributed by atoms with Gasteiger partial charge in [0.15, 0.2) is 5.65 Å². The molecule has 2 heterocycles. The molecule has 0 aliphatic carbocycles. The minimum Gasteiger partial charge on any atom is -0.388 e. The van der Waals surface area contributed by atoms with Gasteiger partial charge in [0, 0.05) is 29.9 Å². The molecule has 0 radical (unpaired) electrons. The lowest BCUT2D eigenvalue weighted by atomic mass is 10.0. The van der Waals surface area contributed by atoms with Gasteiger partial charge in [0.05, 0.1) is 11.4 Å². The van der Waals surface area contributed by atoms with Crippen molar-refractivity contribution < 1.29 is 0 Å². The van der Waals surface area contributed by atoms with Crippen molar-refractivity contribution in [1.82, 2.24) is 15.0 Å². The van der Waals surface area contributed by atoms with E-state index < -0.39 is 0 Å². The van der Waals surface area contributed by atoms with Crippen molar-refractivity contribution in [2.45, 2.75) is 0 Å². The van der Waals surface area contributed by atoms with Crippen LogP contribution in [0.15, 0.2) is 71.5 Å². The molecule has 2 N–H and O–H groups in total. The number of aromatic amines is 1. The number of benzene rings is 2. The zero-order chi connectivity index (χ0) is 17.2. The van der Waals surface area contributed by atoms with Crippen LogP contribution in [0.1, 0.15) is 0 Å². The Balaban J connectivity index is 2.00. The quantitative estimate of drug-likeness (QED) is 0.602. The molecular formula is C20H16N4O. The van der Waals surface area contributed by atoms with Crippen LogP contribution in [0, 0.1) is 0 Å². The smallest absolute Gasteiger partial charge is 0.249 e. The largest absolute Gasteiger partial charge is 0.388 e. The normalized spacial score (nSPS) is 10.8. The van der Waals surface area contributed by atoms with Gasteiger partial charge in [0.1, 0.15) is 5.52 Å². The second-order valence-electron chi connectivity index (χ2n) is 5.67. The van der Waals surface area contributed by atoms with Gasteiger partial charge in [0.25, 0.3) is 0 Å². The van der Waals surface area contributed by atoms with Crippen LogP contribution >= 0.6 is 0 Å². The van der Waals surface area contributed by atoms with E-state index in [4.69, 9.17) is 9.97 Å². The summed E-state index contributed by atoms with van der Waals surface area (Å²) in [7, 11) is 1.88. The van der Waals surface area contributed by atoms with Gasteiger partial charge < -0.3 is 10.3 Å². The van der Waals surface area contributed by atoms with Crippen molar-refractivity contribution in [2.24, 2.45) is 0 Å². The van der Waals surface area contributed by atoms with E-state index >= 15 is 0 Å². The molecule has 2 aromatic carbocycles. The highest BCUT2D eigenvalue weighted by molar-refractivity contribution is 5.84. The predicted octanol–water partition coefficient (Wildman–Crippen LogP) is 3.69. The molecule has 0 unspecified atom stereocenters. The van der Waals surface area contributed by atoms with Gasteiger partial charge >= 0.3 is 0 Å². The Morgan fingerprint density at radius 2 is 1.48 bits per heavy atom. The summed E-state index contributed by atoms with van der Waals surface area (Å²) in [6, 6.07) is 21.1. The molecule has 0 saturated heterocycles. The molecule has 0 atom stereocenters. The zero-order valence-corrected chi connectivity index (χ0v) is 13.7. The summed E-state index contributed by atoms with van der Waals surface area (Å²) in [6.07, 6.45) is 0. The molecule has 0 spiro atoms. The topological polar surface area (TPSA) is 70.7 Å². The molecule has 5 heteroatoms. The minimum absolute atomic E-state index is 0.189. The van der Waals surface area contributed by atoms with Crippen LogP contribution in [0.2, 0.25) is 0 Å². The van der Waals surface area contributed by atoms with E-state index in [2.05, 4.69) is 10.3 Å². The highest BCUT2D eigenvalue weighted by Crippen LogP contribution is 2.30. The van der Waals surface area contributed by atoms with Crippen molar-refractivity contribution in [2.75, 3.05) is 12.4 Å². The molecular weight excluding hydrogens is 312 g/mol. The van der Waals surface area contributed by atoms with Gasteiger partial charge in [-0.15, -0.1) is 0 Å². The van der Waals surface area contributed by atoms with Gasteiger partial charge in [-0.2, -0.15) is 0 Å². The Morgan fingerprint density at radius 1 is 0.800 bits per heavy atom. The van der Waals surface area contributed by atoms with E-state index in [1.807, 2.05) is 61.6 Å². The predicted molar refractivity (Wildman–Crippen MR) is 101 cm³/mol. The Hall–Kier alpha value is -3.47. The van der Waals surface area contributed by atoms with E-state index in [-0.39, 0.29) is 5.56 Å². The van der Waals surface area contributed by atoms with Gasteiger partial charge in [-0.05, 0) is 18.2 Å². The number of hydrogen-bond donors (Lipinski definition) is 2. The highest BCUT2D eigenvalue weighted by Gasteiger charge is 2.13. The first-order valence-corrected chi connectivity index (χ1v) is 7.99. The lowest BCUT2D eigenvalue weighted by Gasteiger charge is -2.11. The average Bonchev–Trinajstić information content (AvgIpc) is 2.67. The maximum Gasteiger partial charge on any atom is 0.249 e. The number of aromatic nitrogens is 3. The summed E-state index contributed by atoms with van der Waals surface area (Å²) in [6.45, 7) is 0. The van der Waals surface area contributed by atoms with Crippen LogP contribution in [-0.4, -0.2) is 22.0 Å². The van der Waals surface area contributed by atoms with Crippen LogP contribution in [0.5, 0.6) is 0 Å². The number of H-pyrrole nitrogens is 1. The Morgan fingerprint density at radius 3 is 2.20 bits per heavy atom. The van der Waals surface area contributed by atoms with Crippen molar-refractivity contribution in [3.8, 4) is 22.5 Å². The Bertz CT molecular complexity index is 1090. The molecule has 5 nitrogen and oxygen atoms in total. The van der Waals surface area contributed by atoms with Gasteiger partial charge in [-0.25, -0.2) is 9.97 Å². The number of anilines is 1. The molecule has 0 aliphatic heterocycles. The number of hydrogen-bond acceptors (Lipinski definition) is 4. The monoisotopic (exact) mass is 328 g/mol. The maximum atomic E-state index is 11.6. The SMILES string of the molecule is CNc1ccc(-c2nc3[nH]c(=O)ccc3nc2-c2ccccc2)cc1. The van der Waals surface area contributed by atoms with E-state index in [1.54, 1.807) is 6.07 Å². The van der Waals surface area contributed by atoms with Gasteiger partial charge in [-0.1, -0.05) is 42.5 Å². The molecule has 4 aromatic rings. The molecule has 4 rings (SSSR count). The van der Waals surface area contributed by atoms with E-state index in [0.717, 1.165) is 28.2 Å².